The molecule has 0 heterocycles. The molecule has 14 nitrogen and oxygen atoms in total. The largest absolute Gasteiger partial charge is 0.524 e. The first-order chi connectivity index (χ1) is 31.6. The van der Waals surface area contributed by atoms with Gasteiger partial charge in [-0.25, -0.2) is 4.57 Å². The second-order valence-corrected chi connectivity index (χ2v) is 17.4. The van der Waals surface area contributed by atoms with Crippen LogP contribution in [-0.2, 0) is 54.2 Å². The Morgan fingerprint density at radius 2 is 1.08 bits per heavy atom. The summed E-state index contributed by atoms with van der Waals surface area (Å²) in [6.45, 7) is 1.33. The van der Waals surface area contributed by atoms with Gasteiger partial charge in [0.25, 0.3) is 0 Å². The number of benzene rings is 6. The van der Waals surface area contributed by atoms with Crippen molar-refractivity contribution in [3.63, 3.8) is 0 Å². The van der Waals surface area contributed by atoms with E-state index >= 15 is 0 Å². The summed E-state index contributed by atoms with van der Waals surface area (Å²) >= 11 is 0. The Bertz CT molecular complexity index is 2680. The maximum absolute atomic E-state index is 14.6. The lowest BCUT2D eigenvalue weighted by molar-refractivity contribution is -0.134. The van der Waals surface area contributed by atoms with Crippen molar-refractivity contribution < 1.29 is 52.9 Å². The second-order valence-electron chi connectivity index (χ2n) is 16.2. The molecule has 6 aromatic rings. The maximum Gasteiger partial charge on any atom is 0.524 e. The number of hydrogen-bond donors (Lipinski definition) is 7. The third kappa shape index (κ3) is 14.9. The SMILES string of the molecule is CC(=O)NC(Cc1ccc2ccccc2c1)C(=O)CC(Cc1ccccc1)C(=O)NC(Cc1ccccc1)C(=O)CC(Cc1ccc(OP(=O)(O)O)cc1)C(=O)Nc1cccc(B(O)O)c1. The fourth-order valence-electron chi connectivity index (χ4n) is 7.79. The highest BCUT2D eigenvalue weighted by molar-refractivity contribution is 7.46. The quantitative estimate of drug-likeness (QED) is 0.0353. The maximum atomic E-state index is 14.6. The molecule has 66 heavy (non-hydrogen) atoms. The molecule has 0 saturated heterocycles. The zero-order valence-electron chi connectivity index (χ0n) is 36.2. The van der Waals surface area contributed by atoms with Crippen molar-refractivity contribution in [2.24, 2.45) is 11.8 Å². The Hall–Kier alpha value is -6.74. The van der Waals surface area contributed by atoms with Crippen LogP contribution >= 0.6 is 7.82 Å². The van der Waals surface area contributed by atoms with E-state index < -0.39 is 62.4 Å². The van der Waals surface area contributed by atoms with Gasteiger partial charge in [0, 0.05) is 37.3 Å². The van der Waals surface area contributed by atoms with Gasteiger partial charge in [-0.3, -0.25) is 33.8 Å². The molecule has 7 N–H and O–H groups in total. The van der Waals surface area contributed by atoms with Crippen molar-refractivity contribution in [3.8, 4) is 5.75 Å². The van der Waals surface area contributed by atoms with E-state index in [1.54, 1.807) is 30.3 Å². The van der Waals surface area contributed by atoms with Gasteiger partial charge in [0.1, 0.15) is 5.75 Å². The van der Waals surface area contributed by atoms with E-state index in [-0.39, 0.29) is 61.2 Å². The summed E-state index contributed by atoms with van der Waals surface area (Å²) in [6, 6.07) is 41.2. The lowest BCUT2D eigenvalue weighted by Gasteiger charge is -2.25. The summed E-state index contributed by atoms with van der Waals surface area (Å²) in [5.74, 6) is -4.60. The molecule has 0 aromatic heterocycles. The van der Waals surface area contributed by atoms with Crippen LogP contribution in [0.15, 0.2) is 152 Å². The minimum Gasteiger partial charge on any atom is -0.423 e. The van der Waals surface area contributed by atoms with Crippen molar-refractivity contribution >= 4 is 66.2 Å². The molecular weight excluding hydrogens is 860 g/mol. The molecule has 4 atom stereocenters. The molecule has 6 rings (SSSR count). The molecule has 6 aromatic carbocycles. The summed E-state index contributed by atoms with van der Waals surface area (Å²) in [5.41, 5.74) is 3.17. The fourth-order valence-corrected chi connectivity index (χ4v) is 8.19. The number of hydrogen-bond acceptors (Lipinski definition) is 9. The number of phosphoric acid groups is 1. The smallest absolute Gasteiger partial charge is 0.423 e. The summed E-state index contributed by atoms with van der Waals surface area (Å²) in [4.78, 5) is 88.6. The van der Waals surface area contributed by atoms with Gasteiger partial charge in [-0.2, -0.15) is 0 Å². The molecule has 0 bridgehead atoms. The van der Waals surface area contributed by atoms with Gasteiger partial charge in [-0.1, -0.05) is 127 Å². The molecular formula is C50H51BN3O11P. The standard InChI is InChI=1S/C50H51BN3O11P/c1-33(55)52-45(29-37-19-22-38-15-8-9-16-39(38)27-37)47(56)31-41(25-34-11-4-2-5-12-34)50(59)54-46(28-35-13-6-3-7-14-35)48(57)30-40(26-36-20-23-44(24-21-36)65-66(62,63)64)49(58)53-43-18-10-17-42(32-43)51(60)61/h2-24,27,32,40-41,45-46,60-61H,25-26,28-31H2,1H3,(H,52,55)(H,53,58)(H,54,59)(H2,62,63,64). The van der Waals surface area contributed by atoms with E-state index in [9.17, 15) is 48.4 Å². The zero-order valence-corrected chi connectivity index (χ0v) is 37.1. The predicted molar refractivity (Wildman–Crippen MR) is 251 cm³/mol. The van der Waals surface area contributed by atoms with E-state index in [4.69, 9.17) is 0 Å². The lowest BCUT2D eigenvalue weighted by Crippen LogP contribution is -2.48. The van der Waals surface area contributed by atoms with Gasteiger partial charge in [0.05, 0.1) is 12.1 Å². The number of carbonyl (C=O) groups is 5. The lowest BCUT2D eigenvalue weighted by atomic mass is 9.80. The van der Waals surface area contributed by atoms with Crippen LogP contribution < -0.4 is 25.9 Å². The van der Waals surface area contributed by atoms with Gasteiger partial charge < -0.3 is 30.5 Å². The third-order valence-corrected chi connectivity index (χ3v) is 11.5. The van der Waals surface area contributed by atoms with Crippen molar-refractivity contribution in [3.05, 3.63) is 174 Å². The van der Waals surface area contributed by atoms with Crippen LogP contribution in [0.4, 0.5) is 5.69 Å². The summed E-state index contributed by atoms with van der Waals surface area (Å²) in [6.07, 6.45) is -0.305. The highest BCUT2D eigenvalue weighted by Crippen LogP contribution is 2.37. The Morgan fingerprint density at radius 1 is 0.561 bits per heavy atom. The number of nitrogens with one attached hydrogen (secondary N) is 3. The van der Waals surface area contributed by atoms with Crippen molar-refractivity contribution in [1.29, 1.82) is 0 Å². The van der Waals surface area contributed by atoms with Crippen LogP contribution in [0.3, 0.4) is 0 Å². The number of fused-ring (bicyclic) bond motifs is 1. The molecule has 0 saturated carbocycles. The average molecular weight is 912 g/mol. The number of rotatable bonds is 22. The molecule has 0 aliphatic heterocycles. The number of carbonyl (C=O) groups excluding carboxylic acids is 5. The normalized spacial score (nSPS) is 13.1. The Morgan fingerprint density at radius 3 is 1.67 bits per heavy atom. The van der Waals surface area contributed by atoms with E-state index in [2.05, 4.69) is 20.5 Å². The first kappa shape index (κ1) is 48.7. The van der Waals surface area contributed by atoms with E-state index in [1.165, 1.54) is 49.4 Å². The first-order valence-electron chi connectivity index (χ1n) is 21.4. The molecule has 3 amide bonds. The molecule has 0 radical (unpaired) electrons. The molecule has 340 valence electrons. The topological polar surface area (TPSA) is 229 Å². The van der Waals surface area contributed by atoms with Crippen LogP contribution in [0.1, 0.15) is 42.0 Å². The number of anilines is 1. The molecule has 16 heteroatoms. The van der Waals surface area contributed by atoms with Crippen LogP contribution in [0.5, 0.6) is 5.75 Å². The van der Waals surface area contributed by atoms with Crippen LogP contribution in [0, 0.1) is 11.8 Å². The summed E-state index contributed by atoms with van der Waals surface area (Å²) in [5, 5.41) is 30.0. The van der Waals surface area contributed by atoms with Gasteiger partial charge in [0.2, 0.25) is 17.7 Å². The fraction of sp³-hybridized carbons (Fsp3) is 0.220. The zero-order chi connectivity index (χ0) is 47.2. The number of Topliss-reactive ketones (excluding diaryl/α,β-unsaturated/α-hetero) is 2. The second kappa shape index (κ2) is 22.9. The molecule has 0 fully saturated rings. The van der Waals surface area contributed by atoms with Crippen LogP contribution in [-0.4, -0.2) is 68.3 Å². The van der Waals surface area contributed by atoms with E-state index in [1.807, 2.05) is 78.9 Å². The molecule has 0 spiro atoms. The van der Waals surface area contributed by atoms with Crippen LogP contribution in [0.2, 0.25) is 0 Å². The minimum absolute atomic E-state index is 0.0328. The highest BCUT2D eigenvalue weighted by atomic mass is 31.2. The van der Waals surface area contributed by atoms with Crippen molar-refractivity contribution in [2.45, 2.75) is 57.5 Å². The monoisotopic (exact) mass is 911 g/mol. The molecule has 4 unspecified atom stereocenters. The third-order valence-electron chi connectivity index (χ3n) is 11.1. The number of ketones is 2. The average Bonchev–Trinajstić information content (AvgIpc) is 3.28. The van der Waals surface area contributed by atoms with Crippen LogP contribution in [0.25, 0.3) is 10.8 Å². The number of phosphoric ester groups is 1. The van der Waals surface area contributed by atoms with Gasteiger partial charge in [-0.15, -0.1) is 0 Å². The first-order valence-corrected chi connectivity index (χ1v) is 22.9. The number of amides is 3. The Labute approximate surface area is 382 Å². The minimum atomic E-state index is -4.85. The van der Waals surface area contributed by atoms with Gasteiger partial charge in [0.15, 0.2) is 11.6 Å². The molecule has 0 aliphatic rings. The predicted octanol–water partition coefficient (Wildman–Crippen LogP) is 5.04. The summed E-state index contributed by atoms with van der Waals surface area (Å²) in [7, 11) is -6.66. The van der Waals surface area contributed by atoms with E-state index in [0.717, 1.165) is 21.9 Å². The van der Waals surface area contributed by atoms with Crippen molar-refractivity contribution in [2.75, 3.05) is 5.32 Å². The summed E-state index contributed by atoms with van der Waals surface area (Å²) < 4.78 is 16.1. The molecule has 0 aliphatic carbocycles. The van der Waals surface area contributed by atoms with Crippen molar-refractivity contribution in [1.82, 2.24) is 10.6 Å². The Balaban J connectivity index is 1.28. The van der Waals surface area contributed by atoms with Gasteiger partial charge >= 0.3 is 14.9 Å². The van der Waals surface area contributed by atoms with Gasteiger partial charge in [-0.05, 0) is 88.4 Å². The Kier molecular flexibility index (Phi) is 16.9. The van der Waals surface area contributed by atoms with E-state index in [0.29, 0.717) is 11.1 Å². The highest BCUT2D eigenvalue weighted by Gasteiger charge is 2.33.